The van der Waals surface area contributed by atoms with Gasteiger partial charge in [0.2, 0.25) is 0 Å². The fourth-order valence-corrected chi connectivity index (χ4v) is 7.90. The number of aliphatic hydroxyl groups is 2. The van der Waals surface area contributed by atoms with E-state index in [4.69, 9.17) is 4.74 Å². The molecule has 130 valence electrons. The molecule has 4 saturated carbocycles. The van der Waals surface area contributed by atoms with Gasteiger partial charge in [-0.05, 0) is 81.5 Å². The van der Waals surface area contributed by atoms with Crippen molar-refractivity contribution < 1.29 is 14.9 Å². The van der Waals surface area contributed by atoms with E-state index in [2.05, 4.69) is 13.8 Å². The van der Waals surface area contributed by atoms with Crippen LogP contribution in [0.4, 0.5) is 0 Å². The van der Waals surface area contributed by atoms with Crippen molar-refractivity contribution in [1.29, 1.82) is 0 Å². The third-order valence-electron chi connectivity index (χ3n) is 9.43. The minimum absolute atomic E-state index is 0.0408. The second-order valence-corrected chi connectivity index (χ2v) is 10.2. The molecule has 0 aromatic rings. The first-order valence-corrected chi connectivity index (χ1v) is 9.83. The third-order valence-corrected chi connectivity index (χ3v) is 9.43. The molecular formula is C20H32O3. The Bertz CT molecular complexity index is 545. The maximum atomic E-state index is 10.7. The van der Waals surface area contributed by atoms with Crippen LogP contribution >= 0.6 is 0 Å². The molecule has 0 aromatic carbocycles. The molecule has 23 heavy (non-hydrogen) atoms. The molecule has 0 aromatic heterocycles. The molecule has 0 radical (unpaired) electrons. The second-order valence-electron chi connectivity index (χ2n) is 10.2. The molecule has 1 heterocycles. The quantitative estimate of drug-likeness (QED) is 0.674. The highest BCUT2D eigenvalue weighted by Gasteiger charge is 2.78. The fourth-order valence-electron chi connectivity index (χ4n) is 7.90. The Morgan fingerprint density at radius 1 is 0.870 bits per heavy atom. The Balaban J connectivity index is 1.50. The molecule has 4 aliphatic carbocycles. The molecule has 5 fully saturated rings. The van der Waals surface area contributed by atoms with E-state index in [1.54, 1.807) is 0 Å². The maximum absolute atomic E-state index is 10.7. The van der Waals surface area contributed by atoms with E-state index in [9.17, 15) is 10.2 Å². The van der Waals surface area contributed by atoms with Gasteiger partial charge in [-0.15, -0.1) is 0 Å². The second kappa shape index (κ2) is 4.16. The molecule has 5 aliphatic rings. The van der Waals surface area contributed by atoms with Crippen molar-refractivity contribution in [1.82, 2.24) is 0 Å². The summed E-state index contributed by atoms with van der Waals surface area (Å²) in [5, 5.41) is 21.2. The van der Waals surface area contributed by atoms with Gasteiger partial charge in [-0.25, -0.2) is 0 Å². The van der Waals surface area contributed by atoms with Crippen molar-refractivity contribution in [3.8, 4) is 0 Å². The van der Waals surface area contributed by atoms with E-state index in [0.717, 1.165) is 37.5 Å². The van der Waals surface area contributed by atoms with Crippen LogP contribution in [0.3, 0.4) is 0 Å². The van der Waals surface area contributed by atoms with Gasteiger partial charge in [0.25, 0.3) is 0 Å². The lowest BCUT2D eigenvalue weighted by molar-refractivity contribution is -0.132. The molecule has 0 amide bonds. The van der Waals surface area contributed by atoms with Gasteiger partial charge in [0, 0.05) is 5.41 Å². The van der Waals surface area contributed by atoms with Crippen molar-refractivity contribution in [3.05, 3.63) is 0 Å². The zero-order valence-electron chi connectivity index (χ0n) is 14.8. The van der Waals surface area contributed by atoms with Gasteiger partial charge in [-0.1, -0.05) is 13.8 Å². The Kier molecular flexibility index (Phi) is 2.74. The van der Waals surface area contributed by atoms with Gasteiger partial charge < -0.3 is 14.9 Å². The summed E-state index contributed by atoms with van der Waals surface area (Å²) in [4.78, 5) is 0. The summed E-state index contributed by atoms with van der Waals surface area (Å²) in [7, 11) is 0. The zero-order chi connectivity index (χ0) is 16.3. The van der Waals surface area contributed by atoms with Gasteiger partial charge in [0.1, 0.15) is 11.7 Å². The number of hydrogen-bond acceptors (Lipinski definition) is 3. The topological polar surface area (TPSA) is 53.0 Å². The summed E-state index contributed by atoms with van der Waals surface area (Å²) in [6.07, 6.45) is 8.94. The number of rotatable bonds is 0. The van der Waals surface area contributed by atoms with Gasteiger partial charge in [-0.3, -0.25) is 0 Å². The summed E-state index contributed by atoms with van der Waals surface area (Å²) in [5.41, 5.74) is -0.274. The number of fused-ring (bicyclic) bond motifs is 4. The predicted octanol–water partition coefficient (Wildman–Crippen LogP) is 3.27. The van der Waals surface area contributed by atoms with Crippen LogP contribution < -0.4 is 0 Å². The first kappa shape index (κ1) is 15.2. The molecule has 3 nitrogen and oxygen atoms in total. The van der Waals surface area contributed by atoms with Crippen LogP contribution in [0, 0.1) is 28.6 Å². The molecule has 1 aliphatic heterocycles. The Hall–Kier alpha value is -0.120. The van der Waals surface area contributed by atoms with Crippen molar-refractivity contribution in [3.63, 3.8) is 0 Å². The molecule has 2 N–H and O–H groups in total. The lowest BCUT2D eigenvalue weighted by atomic mass is 9.44. The van der Waals surface area contributed by atoms with Crippen LogP contribution in [0.15, 0.2) is 0 Å². The van der Waals surface area contributed by atoms with Crippen LogP contribution in [0.1, 0.15) is 72.1 Å². The van der Waals surface area contributed by atoms with Crippen molar-refractivity contribution in [2.75, 3.05) is 0 Å². The maximum Gasteiger partial charge on any atom is 0.116 e. The Labute approximate surface area is 139 Å². The minimum atomic E-state index is -0.626. The highest BCUT2D eigenvalue weighted by atomic mass is 16.6. The van der Waals surface area contributed by atoms with Crippen molar-refractivity contribution in [2.45, 2.75) is 95.5 Å². The fraction of sp³-hybridized carbons (Fsp3) is 1.00. The highest BCUT2D eigenvalue weighted by molar-refractivity contribution is 5.26. The highest BCUT2D eigenvalue weighted by Crippen LogP contribution is 2.73. The number of ether oxygens (including phenoxy) is 1. The van der Waals surface area contributed by atoms with E-state index in [0.29, 0.717) is 5.92 Å². The average molecular weight is 320 g/mol. The number of aliphatic hydroxyl groups excluding tert-OH is 1. The SMILES string of the molecule is C[C@]12CC[C@H]3[C@@H](CC[C@@]45O[C@@H]4[C@@](C)(O)CC[C@]35C)[C@@H]1CC[C@@H]2O. The lowest BCUT2D eigenvalue weighted by Crippen LogP contribution is -2.60. The largest absolute Gasteiger partial charge is 0.393 e. The summed E-state index contributed by atoms with van der Waals surface area (Å²) in [6.45, 7) is 6.79. The van der Waals surface area contributed by atoms with E-state index >= 15 is 0 Å². The van der Waals surface area contributed by atoms with Crippen LogP contribution in [0.5, 0.6) is 0 Å². The van der Waals surface area contributed by atoms with E-state index in [-0.39, 0.29) is 28.6 Å². The normalized spacial score (nSPS) is 66.9. The van der Waals surface area contributed by atoms with Gasteiger partial charge >= 0.3 is 0 Å². The van der Waals surface area contributed by atoms with Gasteiger partial charge in [-0.2, -0.15) is 0 Å². The molecular weight excluding hydrogens is 288 g/mol. The molecule has 1 saturated heterocycles. The summed E-state index contributed by atoms with van der Waals surface area (Å²) < 4.78 is 6.29. The summed E-state index contributed by atoms with van der Waals surface area (Å²) in [6, 6.07) is 0. The van der Waals surface area contributed by atoms with Crippen molar-refractivity contribution in [2.24, 2.45) is 28.6 Å². The molecule has 5 rings (SSSR count). The monoisotopic (exact) mass is 320 g/mol. The predicted molar refractivity (Wildman–Crippen MR) is 87.9 cm³/mol. The minimum Gasteiger partial charge on any atom is -0.393 e. The lowest BCUT2D eigenvalue weighted by Gasteiger charge is -2.60. The number of hydrogen-bond donors (Lipinski definition) is 2. The Morgan fingerprint density at radius 3 is 2.43 bits per heavy atom. The zero-order valence-corrected chi connectivity index (χ0v) is 14.8. The first-order chi connectivity index (χ1) is 10.7. The molecule has 3 heteroatoms. The average Bonchev–Trinajstić information content (AvgIpc) is 3.18. The Morgan fingerprint density at radius 2 is 1.65 bits per heavy atom. The van der Waals surface area contributed by atoms with Crippen molar-refractivity contribution >= 4 is 0 Å². The first-order valence-electron chi connectivity index (χ1n) is 9.83. The third kappa shape index (κ3) is 1.58. The molecule has 9 atom stereocenters. The van der Waals surface area contributed by atoms with Gasteiger partial charge in [0.15, 0.2) is 0 Å². The van der Waals surface area contributed by atoms with E-state index in [1.165, 1.54) is 25.7 Å². The van der Waals surface area contributed by atoms with E-state index in [1.807, 2.05) is 6.92 Å². The van der Waals surface area contributed by atoms with Gasteiger partial charge in [0.05, 0.1) is 11.7 Å². The van der Waals surface area contributed by atoms with Crippen LogP contribution in [0.25, 0.3) is 0 Å². The standard InChI is InChI=1S/C20H32O3/c1-17-8-7-14-12(13(17)4-5-15(17)21)6-9-20-16(23-20)19(3,22)11-10-18(14,20)2/h12-16,21-22H,4-11H2,1-3H3/t12-,13-,14-,15-,16+,17-,18+,19-,20+/m0/s1. The van der Waals surface area contributed by atoms with Crippen LogP contribution in [-0.4, -0.2) is 33.6 Å². The molecule has 0 unspecified atom stereocenters. The summed E-state index contributed by atoms with van der Waals surface area (Å²) >= 11 is 0. The smallest absolute Gasteiger partial charge is 0.116 e. The van der Waals surface area contributed by atoms with E-state index < -0.39 is 5.60 Å². The summed E-state index contributed by atoms with van der Waals surface area (Å²) in [5.74, 6) is 2.18. The van der Waals surface area contributed by atoms with Crippen LogP contribution in [0.2, 0.25) is 0 Å². The number of epoxide rings is 1. The van der Waals surface area contributed by atoms with Crippen LogP contribution in [-0.2, 0) is 4.74 Å². The molecule has 1 spiro atoms. The molecule has 0 bridgehead atoms.